The standard InChI is InChI=1S/C24H20NO/c1-18(25-16-15-20-9-5-6-10-23(20)17-25)24(26)22-13-11-21(12-14-22)19-7-3-2-4-8-19/h2-18H,1H3/q+1/t18-/m1/s1. The van der Waals surface area contributed by atoms with Crippen molar-refractivity contribution in [1.82, 2.24) is 0 Å². The van der Waals surface area contributed by atoms with Crippen molar-refractivity contribution in [2.75, 3.05) is 0 Å². The predicted octanol–water partition coefficient (Wildman–Crippen LogP) is 5.24. The van der Waals surface area contributed by atoms with Crippen LogP contribution in [-0.2, 0) is 0 Å². The smallest absolute Gasteiger partial charge is 0.230 e. The fourth-order valence-electron chi connectivity index (χ4n) is 3.23. The van der Waals surface area contributed by atoms with Crippen LogP contribution in [0.5, 0.6) is 0 Å². The maximum atomic E-state index is 12.9. The largest absolute Gasteiger partial charge is 0.287 e. The van der Waals surface area contributed by atoms with Gasteiger partial charge in [-0.2, -0.15) is 4.57 Å². The Morgan fingerprint density at radius 3 is 2.08 bits per heavy atom. The Kier molecular flexibility index (Phi) is 4.32. The molecule has 0 fully saturated rings. The van der Waals surface area contributed by atoms with E-state index in [-0.39, 0.29) is 11.8 Å². The highest BCUT2D eigenvalue weighted by Gasteiger charge is 2.23. The SMILES string of the molecule is C[C@H](C(=O)c1ccc(-c2ccccc2)cc1)[n+]1ccc2ccccc2c1. The minimum Gasteiger partial charge on any atom is -0.287 e. The van der Waals surface area contributed by atoms with Crippen molar-refractivity contribution >= 4 is 16.6 Å². The molecule has 0 amide bonds. The summed E-state index contributed by atoms with van der Waals surface area (Å²) in [7, 11) is 0. The van der Waals surface area contributed by atoms with Crippen LogP contribution in [0.25, 0.3) is 21.9 Å². The molecule has 126 valence electrons. The van der Waals surface area contributed by atoms with Crippen LogP contribution < -0.4 is 4.57 Å². The van der Waals surface area contributed by atoms with Gasteiger partial charge >= 0.3 is 0 Å². The number of rotatable bonds is 4. The number of Topliss-reactive ketones (excluding diaryl/α,β-unsaturated/α-hetero) is 1. The van der Waals surface area contributed by atoms with Crippen molar-refractivity contribution in [2.45, 2.75) is 13.0 Å². The number of fused-ring (bicyclic) bond motifs is 1. The van der Waals surface area contributed by atoms with E-state index in [2.05, 4.69) is 30.3 Å². The number of benzene rings is 3. The summed E-state index contributed by atoms with van der Waals surface area (Å²) < 4.78 is 1.98. The first-order valence-electron chi connectivity index (χ1n) is 8.81. The highest BCUT2D eigenvalue weighted by atomic mass is 16.1. The zero-order valence-corrected chi connectivity index (χ0v) is 14.7. The molecule has 1 atom stereocenters. The third-order valence-corrected chi connectivity index (χ3v) is 4.81. The van der Waals surface area contributed by atoms with E-state index in [0.29, 0.717) is 0 Å². The average molecular weight is 338 g/mol. The first-order chi connectivity index (χ1) is 12.7. The first-order valence-corrected chi connectivity index (χ1v) is 8.81. The average Bonchev–Trinajstić information content (AvgIpc) is 2.73. The van der Waals surface area contributed by atoms with Gasteiger partial charge in [0, 0.05) is 23.9 Å². The van der Waals surface area contributed by atoms with Gasteiger partial charge in [0.2, 0.25) is 11.8 Å². The molecule has 0 aliphatic carbocycles. The molecule has 3 aromatic carbocycles. The Bertz CT molecular complexity index is 1050. The lowest BCUT2D eigenvalue weighted by molar-refractivity contribution is -0.703. The fourth-order valence-corrected chi connectivity index (χ4v) is 3.23. The monoisotopic (exact) mass is 338 g/mol. The quantitative estimate of drug-likeness (QED) is 0.368. The van der Waals surface area contributed by atoms with Crippen LogP contribution in [0.15, 0.2) is 97.3 Å². The van der Waals surface area contributed by atoms with Crippen molar-refractivity contribution in [1.29, 1.82) is 0 Å². The van der Waals surface area contributed by atoms with E-state index in [1.54, 1.807) is 0 Å². The lowest BCUT2D eigenvalue weighted by Gasteiger charge is -2.08. The van der Waals surface area contributed by atoms with Crippen molar-refractivity contribution in [3.8, 4) is 11.1 Å². The normalized spacial score (nSPS) is 12.0. The van der Waals surface area contributed by atoms with E-state index in [9.17, 15) is 4.79 Å². The van der Waals surface area contributed by atoms with Crippen molar-refractivity contribution in [3.63, 3.8) is 0 Å². The third kappa shape index (κ3) is 3.14. The van der Waals surface area contributed by atoms with Crippen LogP contribution in [0.4, 0.5) is 0 Å². The Labute approximate surface area is 153 Å². The van der Waals surface area contributed by atoms with Gasteiger partial charge in [-0.1, -0.05) is 72.8 Å². The second-order valence-corrected chi connectivity index (χ2v) is 6.50. The van der Waals surface area contributed by atoms with E-state index < -0.39 is 0 Å². The molecule has 0 spiro atoms. The number of carbonyl (C=O) groups excluding carboxylic acids is 1. The molecule has 0 aliphatic heterocycles. The topological polar surface area (TPSA) is 20.9 Å². The van der Waals surface area contributed by atoms with Gasteiger partial charge in [0.05, 0.1) is 0 Å². The summed E-state index contributed by atoms with van der Waals surface area (Å²) in [6.45, 7) is 1.95. The maximum absolute atomic E-state index is 12.9. The molecular weight excluding hydrogens is 318 g/mol. The molecule has 0 saturated carbocycles. The van der Waals surface area contributed by atoms with Gasteiger partial charge in [-0.25, -0.2) is 0 Å². The summed E-state index contributed by atoms with van der Waals surface area (Å²) in [5.41, 5.74) is 3.01. The molecule has 0 saturated heterocycles. The number of hydrogen-bond donors (Lipinski definition) is 0. The molecule has 0 unspecified atom stereocenters. The molecule has 2 nitrogen and oxygen atoms in total. The summed E-state index contributed by atoms with van der Waals surface area (Å²) >= 11 is 0. The number of nitrogens with zero attached hydrogens (tertiary/aromatic N) is 1. The second-order valence-electron chi connectivity index (χ2n) is 6.50. The zero-order chi connectivity index (χ0) is 17.9. The summed E-state index contributed by atoms with van der Waals surface area (Å²) in [4.78, 5) is 12.9. The molecule has 2 heteroatoms. The van der Waals surface area contributed by atoms with Crippen LogP contribution in [0.3, 0.4) is 0 Å². The fraction of sp³-hybridized carbons (Fsp3) is 0.0833. The number of ketones is 1. The highest BCUT2D eigenvalue weighted by molar-refractivity contribution is 5.98. The molecule has 4 rings (SSSR count). The zero-order valence-electron chi connectivity index (χ0n) is 14.7. The molecule has 1 heterocycles. The van der Waals surface area contributed by atoms with E-state index in [1.165, 1.54) is 5.39 Å². The van der Waals surface area contributed by atoms with Crippen molar-refractivity contribution in [3.05, 3.63) is 103 Å². The molecule has 0 aliphatic rings. The Morgan fingerprint density at radius 1 is 0.731 bits per heavy atom. The molecular formula is C24H20NO+. The van der Waals surface area contributed by atoms with Crippen LogP contribution >= 0.6 is 0 Å². The molecule has 0 radical (unpaired) electrons. The summed E-state index contributed by atoms with van der Waals surface area (Å²) in [6.07, 6.45) is 4.01. The van der Waals surface area contributed by atoms with E-state index in [4.69, 9.17) is 0 Å². The molecule has 26 heavy (non-hydrogen) atoms. The van der Waals surface area contributed by atoms with Crippen LogP contribution in [0, 0.1) is 0 Å². The van der Waals surface area contributed by atoms with Gasteiger partial charge in [0.25, 0.3) is 0 Å². The van der Waals surface area contributed by atoms with Crippen molar-refractivity contribution in [2.24, 2.45) is 0 Å². The molecule has 1 aromatic heterocycles. The van der Waals surface area contributed by atoms with Gasteiger partial charge < -0.3 is 0 Å². The minimum atomic E-state index is -0.248. The maximum Gasteiger partial charge on any atom is 0.230 e. The van der Waals surface area contributed by atoms with Crippen LogP contribution in [-0.4, -0.2) is 5.78 Å². The van der Waals surface area contributed by atoms with Gasteiger partial charge in [-0.15, -0.1) is 0 Å². The first kappa shape index (κ1) is 16.2. The van der Waals surface area contributed by atoms with E-state index in [0.717, 1.165) is 22.1 Å². The Balaban J connectivity index is 1.59. The number of aromatic nitrogens is 1. The van der Waals surface area contributed by atoms with E-state index >= 15 is 0 Å². The number of hydrogen-bond acceptors (Lipinski definition) is 1. The van der Waals surface area contributed by atoms with E-state index in [1.807, 2.05) is 78.5 Å². The molecule has 0 bridgehead atoms. The Morgan fingerprint density at radius 2 is 1.35 bits per heavy atom. The van der Waals surface area contributed by atoms with Gasteiger partial charge in [0.15, 0.2) is 12.4 Å². The lowest BCUT2D eigenvalue weighted by atomic mass is 10.00. The van der Waals surface area contributed by atoms with Crippen molar-refractivity contribution < 1.29 is 9.36 Å². The minimum absolute atomic E-state index is 0.116. The Hall–Kier alpha value is -3.26. The number of pyridine rings is 1. The summed E-state index contributed by atoms with van der Waals surface area (Å²) in [5, 5.41) is 2.31. The predicted molar refractivity (Wildman–Crippen MR) is 105 cm³/mol. The highest BCUT2D eigenvalue weighted by Crippen LogP contribution is 2.20. The summed E-state index contributed by atoms with van der Waals surface area (Å²) in [6, 6.07) is 28.0. The van der Waals surface area contributed by atoms with Gasteiger partial charge in [0.1, 0.15) is 0 Å². The second kappa shape index (κ2) is 6.93. The van der Waals surface area contributed by atoms with Gasteiger partial charge in [-0.3, -0.25) is 4.79 Å². The number of carbonyl (C=O) groups is 1. The van der Waals surface area contributed by atoms with Crippen LogP contribution in [0.1, 0.15) is 23.3 Å². The van der Waals surface area contributed by atoms with Gasteiger partial charge in [-0.05, 0) is 22.6 Å². The summed E-state index contributed by atoms with van der Waals surface area (Å²) in [5.74, 6) is 0.116. The third-order valence-electron chi connectivity index (χ3n) is 4.81. The molecule has 0 N–H and O–H groups in total. The van der Waals surface area contributed by atoms with Crippen LogP contribution in [0.2, 0.25) is 0 Å². The molecule has 4 aromatic rings. The lowest BCUT2D eigenvalue weighted by Crippen LogP contribution is -2.41.